The van der Waals surface area contributed by atoms with Crippen molar-refractivity contribution in [3.8, 4) is 23.0 Å². The molecule has 0 saturated heterocycles. The van der Waals surface area contributed by atoms with Crippen molar-refractivity contribution < 1.29 is 29.6 Å². The molecule has 0 aromatic heterocycles. The summed E-state index contributed by atoms with van der Waals surface area (Å²) >= 11 is 0. The number of carbonyl (C=O) groups is 1. The standard InChI is InChI=1S/C18H18O6/c1-9-15(20)10(2)17-13(16(9)21)8-14(19)18(22,24-17)11-4-6-12(23-3)7-5-11/h4-7,20-22H,8H2,1-3H3. The van der Waals surface area contributed by atoms with Gasteiger partial charge in [-0.25, -0.2) is 0 Å². The highest BCUT2D eigenvalue weighted by atomic mass is 16.6. The summed E-state index contributed by atoms with van der Waals surface area (Å²) in [6.07, 6.45) is -0.203. The Bertz CT molecular complexity index is 825. The van der Waals surface area contributed by atoms with Crippen molar-refractivity contribution in [2.24, 2.45) is 0 Å². The molecule has 1 heterocycles. The number of benzene rings is 2. The van der Waals surface area contributed by atoms with E-state index in [1.807, 2.05) is 0 Å². The maximum absolute atomic E-state index is 12.5. The van der Waals surface area contributed by atoms with Crippen molar-refractivity contribution in [3.63, 3.8) is 0 Å². The summed E-state index contributed by atoms with van der Waals surface area (Å²) in [5.74, 6) is -2.41. The number of phenols is 2. The van der Waals surface area contributed by atoms with Crippen LogP contribution in [0.3, 0.4) is 0 Å². The van der Waals surface area contributed by atoms with Gasteiger partial charge in [0.05, 0.1) is 7.11 Å². The summed E-state index contributed by atoms with van der Waals surface area (Å²) < 4.78 is 10.6. The second-order valence-corrected chi connectivity index (χ2v) is 5.83. The molecule has 1 aliphatic heterocycles. The molecule has 126 valence electrons. The van der Waals surface area contributed by atoms with Gasteiger partial charge in [0.25, 0.3) is 5.79 Å². The van der Waals surface area contributed by atoms with Gasteiger partial charge in [-0.3, -0.25) is 4.79 Å². The molecule has 0 radical (unpaired) electrons. The van der Waals surface area contributed by atoms with Crippen molar-refractivity contribution in [1.82, 2.24) is 0 Å². The SMILES string of the molecule is COc1ccc(C2(O)Oc3c(C)c(O)c(C)c(O)c3CC2=O)cc1. The molecule has 24 heavy (non-hydrogen) atoms. The van der Waals surface area contributed by atoms with E-state index in [1.54, 1.807) is 26.0 Å². The van der Waals surface area contributed by atoms with E-state index < -0.39 is 11.6 Å². The zero-order valence-corrected chi connectivity index (χ0v) is 13.6. The van der Waals surface area contributed by atoms with E-state index in [4.69, 9.17) is 9.47 Å². The van der Waals surface area contributed by atoms with Crippen molar-refractivity contribution >= 4 is 5.78 Å². The van der Waals surface area contributed by atoms with Gasteiger partial charge in [-0.1, -0.05) is 0 Å². The first-order valence-electron chi connectivity index (χ1n) is 7.42. The molecule has 6 heteroatoms. The minimum atomic E-state index is -2.18. The largest absolute Gasteiger partial charge is 0.507 e. The fourth-order valence-electron chi connectivity index (χ4n) is 2.89. The van der Waals surface area contributed by atoms with Gasteiger partial charge in [0.15, 0.2) is 0 Å². The molecule has 1 atom stereocenters. The molecule has 0 fully saturated rings. The zero-order chi connectivity index (χ0) is 17.6. The Morgan fingerprint density at radius 1 is 1.08 bits per heavy atom. The molecule has 0 aliphatic carbocycles. The van der Waals surface area contributed by atoms with Crippen molar-refractivity contribution in [1.29, 1.82) is 0 Å². The summed E-state index contributed by atoms with van der Waals surface area (Å²) in [7, 11) is 1.51. The minimum absolute atomic E-state index is 0.119. The molecule has 0 spiro atoms. The van der Waals surface area contributed by atoms with Gasteiger partial charge < -0.3 is 24.8 Å². The molecular formula is C18H18O6. The van der Waals surface area contributed by atoms with E-state index in [1.165, 1.54) is 19.2 Å². The monoisotopic (exact) mass is 330 g/mol. The van der Waals surface area contributed by atoms with Gasteiger partial charge in [-0.2, -0.15) is 0 Å². The molecule has 1 aliphatic rings. The summed E-state index contributed by atoms with van der Waals surface area (Å²) in [5, 5.41) is 31.1. The number of aromatic hydroxyl groups is 2. The number of fused-ring (bicyclic) bond motifs is 1. The predicted octanol–water partition coefficient (Wildman–Crippen LogP) is 2.07. The first-order valence-corrected chi connectivity index (χ1v) is 7.42. The van der Waals surface area contributed by atoms with Crippen LogP contribution in [-0.2, 0) is 17.0 Å². The lowest BCUT2D eigenvalue weighted by molar-refractivity contribution is -0.179. The van der Waals surface area contributed by atoms with Crippen molar-refractivity contribution in [2.75, 3.05) is 7.11 Å². The van der Waals surface area contributed by atoms with Crippen LogP contribution >= 0.6 is 0 Å². The first-order chi connectivity index (χ1) is 11.3. The average molecular weight is 330 g/mol. The van der Waals surface area contributed by atoms with Crippen LogP contribution in [0.1, 0.15) is 22.3 Å². The van der Waals surface area contributed by atoms with Crippen molar-refractivity contribution in [2.45, 2.75) is 26.1 Å². The normalized spacial score (nSPS) is 19.6. The number of methoxy groups -OCH3 is 1. The second-order valence-electron chi connectivity index (χ2n) is 5.83. The average Bonchev–Trinajstić information content (AvgIpc) is 2.60. The van der Waals surface area contributed by atoms with Crippen LogP contribution in [0.4, 0.5) is 0 Å². The third kappa shape index (κ3) is 2.18. The molecule has 6 nitrogen and oxygen atoms in total. The Morgan fingerprint density at radius 2 is 1.71 bits per heavy atom. The number of ether oxygens (including phenoxy) is 2. The molecule has 0 bridgehead atoms. The predicted molar refractivity (Wildman–Crippen MR) is 85.5 cm³/mol. The van der Waals surface area contributed by atoms with Gasteiger partial charge in [0.2, 0.25) is 5.78 Å². The summed E-state index contributed by atoms with van der Waals surface area (Å²) in [6, 6.07) is 6.28. The smallest absolute Gasteiger partial charge is 0.295 e. The fraction of sp³-hybridized carbons (Fsp3) is 0.278. The van der Waals surface area contributed by atoms with E-state index in [2.05, 4.69) is 0 Å². The Morgan fingerprint density at radius 3 is 2.29 bits per heavy atom. The molecule has 3 N–H and O–H groups in total. The van der Waals surface area contributed by atoms with Crippen LogP contribution in [0, 0.1) is 13.8 Å². The third-order valence-corrected chi connectivity index (χ3v) is 4.41. The maximum atomic E-state index is 12.5. The molecule has 2 aromatic carbocycles. The Balaban J connectivity index is 2.13. The van der Waals surface area contributed by atoms with Crippen LogP contribution in [0.5, 0.6) is 23.0 Å². The molecule has 3 rings (SSSR count). The highest BCUT2D eigenvalue weighted by Gasteiger charge is 2.46. The lowest BCUT2D eigenvalue weighted by Gasteiger charge is -2.34. The minimum Gasteiger partial charge on any atom is -0.507 e. The van der Waals surface area contributed by atoms with Gasteiger partial charge in [0.1, 0.15) is 23.0 Å². The van der Waals surface area contributed by atoms with Crippen LogP contribution in [-0.4, -0.2) is 28.2 Å². The number of hydrogen-bond donors (Lipinski definition) is 3. The highest BCUT2D eigenvalue weighted by molar-refractivity contribution is 5.92. The van der Waals surface area contributed by atoms with Crippen LogP contribution in [0.2, 0.25) is 0 Å². The number of phenolic OH excluding ortho intramolecular Hbond substituents is 2. The topological polar surface area (TPSA) is 96.2 Å². The van der Waals surface area contributed by atoms with E-state index >= 15 is 0 Å². The van der Waals surface area contributed by atoms with E-state index in [-0.39, 0.29) is 40.4 Å². The van der Waals surface area contributed by atoms with Crippen molar-refractivity contribution in [3.05, 3.63) is 46.5 Å². The maximum Gasteiger partial charge on any atom is 0.295 e. The number of ketones is 1. The summed E-state index contributed by atoms with van der Waals surface area (Å²) in [4.78, 5) is 12.5. The van der Waals surface area contributed by atoms with Crippen LogP contribution in [0.25, 0.3) is 0 Å². The van der Waals surface area contributed by atoms with Gasteiger partial charge in [0, 0.05) is 28.7 Å². The summed E-state index contributed by atoms with van der Waals surface area (Å²) in [5.41, 5.74) is 1.15. The number of Topliss-reactive ketones (excluding diaryl/α,β-unsaturated/α-hetero) is 1. The molecule has 2 aromatic rings. The molecule has 0 saturated carbocycles. The highest BCUT2D eigenvalue weighted by Crippen LogP contribution is 2.47. The summed E-state index contributed by atoms with van der Waals surface area (Å²) in [6.45, 7) is 3.15. The van der Waals surface area contributed by atoms with Crippen LogP contribution in [0.15, 0.2) is 24.3 Å². The molecule has 0 amide bonds. The van der Waals surface area contributed by atoms with Gasteiger partial charge >= 0.3 is 0 Å². The van der Waals surface area contributed by atoms with Gasteiger partial charge in [-0.05, 0) is 38.1 Å². The molecular weight excluding hydrogens is 312 g/mol. The lowest BCUT2D eigenvalue weighted by atomic mass is 9.89. The number of rotatable bonds is 2. The van der Waals surface area contributed by atoms with E-state index in [0.717, 1.165) is 0 Å². The molecule has 1 unspecified atom stereocenters. The van der Waals surface area contributed by atoms with Gasteiger partial charge in [-0.15, -0.1) is 0 Å². The first kappa shape index (κ1) is 16.1. The third-order valence-electron chi connectivity index (χ3n) is 4.41. The Hall–Kier alpha value is -2.73. The van der Waals surface area contributed by atoms with E-state index in [0.29, 0.717) is 11.3 Å². The van der Waals surface area contributed by atoms with Crippen LogP contribution < -0.4 is 9.47 Å². The second kappa shape index (κ2) is 5.42. The lowest BCUT2D eigenvalue weighted by Crippen LogP contribution is -2.45. The Kier molecular flexibility index (Phi) is 3.64. The fourth-order valence-corrected chi connectivity index (χ4v) is 2.89. The Labute approximate surface area is 138 Å². The number of aliphatic hydroxyl groups is 1. The zero-order valence-electron chi connectivity index (χ0n) is 13.6. The quantitative estimate of drug-likeness (QED) is 0.780. The number of carbonyl (C=O) groups excluding carboxylic acids is 1. The van der Waals surface area contributed by atoms with E-state index in [9.17, 15) is 20.1 Å². The number of hydrogen-bond acceptors (Lipinski definition) is 6.